The summed E-state index contributed by atoms with van der Waals surface area (Å²) in [6.45, 7) is 0. The van der Waals surface area contributed by atoms with Crippen LogP contribution >= 0.6 is 0 Å². The van der Waals surface area contributed by atoms with Gasteiger partial charge in [0.1, 0.15) is 5.82 Å². The zero-order valence-corrected chi connectivity index (χ0v) is 15.9. The number of alkyl halides is 3. The van der Waals surface area contributed by atoms with Crippen LogP contribution in [0.4, 0.5) is 19.0 Å². The van der Waals surface area contributed by atoms with Gasteiger partial charge in [0.25, 0.3) is 0 Å². The summed E-state index contributed by atoms with van der Waals surface area (Å²) >= 11 is 0. The minimum absolute atomic E-state index is 0.0520. The fourth-order valence-corrected chi connectivity index (χ4v) is 2.74. The number of carbonyl (C=O) groups is 1. The average Bonchev–Trinajstić information content (AvgIpc) is 2.68. The summed E-state index contributed by atoms with van der Waals surface area (Å²) in [6, 6.07) is 11.9. The first-order chi connectivity index (χ1) is 13.9. The highest BCUT2D eigenvalue weighted by atomic mass is 32.2. The molecule has 158 valence electrons. The maximum Gasteiger partial charge on any atom is 0.490 e. The van der Waals surface area contributed by atoms with Crippen molar-refractivity contribution in [2.75, 3.05) is 5.73 Å². The Bertz CT molecular complexity index is 1140. The van der Waals surface area contributed by atoms with Crippen LogP contribution in [-0.4, -0.2) is 35.6 Å². The lowest BCUT2D eigenvalue weighted by molar-refractivity contribution is -0.192. The van der Waals surface area contributed by atoms with Crippen molar-refractivity contribution in [1.82, 2.24) is 9.97 Å². The standard InChI is InChI=1S/C16H14N4O2S.C2HF3O2/c17-16-15(11-3-5-14(6-4-11)23(18,21)22)8-13(10-20-16)12-2-1-7-19-9-12;3-2(4,5)1(6)7/h1-10H,(H2,17,20)(H2,18,21,22);(H,6,7). The van der Waals surface area contributed by atoms with Crippen molar-refractivity contribution < 1.29 is 31.5 Å². The molecule has 0 radical (unpaired) electrons. The predicted molar refractivity (Wildman–Crippen MR) is 102 cm³/mol. The van der Waals surface area contributed by atoms with Crippen molar-refractivity contribution in [1.29, 1.82) is 0 Å². The van der Waals surface area contributed by atoms with E-state index in [-0.39, 0.29) is 4.90 Å². The molecular formula is C18H15F3N4O4S. The summed E-state index contributed by atoms with van der Waals surface area (Å²) in [5.41, 5.74) is 9.22. The van der Waals surface area contributed by atoms with Crippen molar-refractivity contribution >= 4 is 21.8 Å². The summed E-state index contributed by atoms with van der Waals surface area (Å²) < 4.78 is 54.4. The number of nitrogens with two attached hydrogens (primary N) is 2. The number of nitrogens with zero attached hydrogens (tertiary/aromatic N) is 2. The second-order valence-electron chi connectivity index (χ2n) is 5.77. The van der Waals surface area contributed by atoms with Crippen molar-refractivity contribution in [3.8, 4) is 22.3 Å². The number of aromatic nitrogens is 2. The van der Waals surface area contributed by atoms with Crippen LogP contribution in [0.3, 0.4) is 0 Å². The molecule has 0 amide bonds. The molecule has 0 bridgehead atoms. The minimum atomic E-state index is -5.08. The Morgan fingerprint density at radius 3 is 2.07 bits per heavy atom. The number of sulfonamides is 1. The molecule has 12 heteroatoms. The molecule has 3 rings (SSSR count). The number of benzene rings is 1. The van der Waals surface area contributed by atoms with Gasteiger partial charge in [-0.15, -0.1) is 0 Å². The molecule has 0 saturated heterocycles. The molecule has 0 fully saturated rings. The van der Waals surface area contributed by atoms with Crippen LogP contribution in [0, 0.1) is 0 Å². The lowest BCUT2D eigenvalue weighted by atomic mass is 10.0. The number of hydrogen-bond acceptors (Lipinski definition) is 6. The Hall–Kier alpha value is -3.51. The van der Waals surface area contributed by atoms with Gasteiger partial charge >= 0.3 is 12.1 Å². The molecule has 0 aliphatic heterocycles. The third-order valence-corrected chi connectivity index (χ3v) is 4.58. The number of rotatable bonds is 3. The molecule has 1 aromatic carbocycles. The molecule has 0 unspecified atom stereocenters. The van der Waals surface area contributed by atoms with Crippen LogP contribution in [-0.2, 0) is 14.8 Å². The van der Waals surface area contributed by atoms with Gasteiger partial charge in [-0.05, 0) is 29.8 Å². The van der Waals surface area contributed by atoms with Gasteiger partial charge < -0.3 is 10.8 Å². The van der Waals surface area contributed by atoms with Gasteiger partial charge in [0.05, 0.1) is 4.90 Å². The van der Waals surface area contributed by atoms with Crippen LogP contribution in [0.1, 0.15) is 0 Å². The second-order valence-corrected chi connectivity index (χ2v) is 7.33. The van der Waals surface area contributed by atoms with Gasteiger partial charge in [-0.2, -0.15) is 13.2 Å². The highest BCUT2D eigenvalue weighted by Crippen LogP contribution is 2.29. The van der Waals surface area contributed by atoms with Crippen LogP contribution in [0.5, 0.6) is 0 Å². The summed E-state index contributed by atoms with van der Waals surface area (Å²) in [5, 5.41) is 12.2. The molecule has 30 heavy (non-hydrogen) atoms. The normalized spacial score (nSPS) is 11.3. The molecule has 0 saturated carbocycles. The van der Waals surface area contributed by atoms with E-state index in [0.29, 0.717) is 11.4 Å². The van der Waals surface area contributed by atoms with Gasteiger partial charge in [-0.3, -0.25) is 4.98 Å². The van der Waals surface area contributed by atoms with Crippen molar-refractivity contribution in [2.45, 2.75) is 11.1 Å². The zero-order valence-electron chi connectivity index (χ0n) is 15.0. The Kier molecular flexibility index (Phi) is 6.74. The highest BCUT2D eigenvalue weighted by Gasteiger charge is 2.38. The Balaban J connectivity index is 0.000000396. The summed E-state index contributed by atoms with van der Waals surface area (Å²) in [7, 11) is -3.72. The number of carboxylic acid groups (broad SMARTS) is 1. The molecule has 8 nitrogen and oxygen atoms in total. The molecule has 0 aliphatic rings. The summed E-state index contributed by atoms with van der Waals surface area (Å²) in [6.07, 6.45) is 0.0246. The third-order valence-electron chi connectivity index (χ3n) is 3.65. The number of nitrogen functional groups attached to an aromatic ring is 1. The molecule has 0 spiro atoms. The monoisotopic (exact) mass is 440 g/mol. The highest BCUT2D eigenvalue weighted by molar-refractivity contribution is 7.89. The Labute approximate surface area is 169 Å². The van der Waals surface area contributed by atoms with E-state index in [9.17, 15) is 21.6 Å². The van der Waals surface area contributed by atoms with Crippen LogP contribution in [0.2, 0.25) is 0 Å². The maximum absolute atomic E-state index is 11.3. The third kappa shape index (κ3) is 5.99. The Morgan fingerprint density at radius 2 is 1.60 bits per heavy atom. The lowest BCUT2D eigenvalue weighted by Crippen LogP contribution is -2.21. The topological polar surface area (TPSA) is 149 Å². The van der Waals surface area contributed by atoms with Crippen LogP contribution in [0.15, 0.2) is 66.0 Å². The van der Waals surface area contributed by atoms with Crippen LogP contribution in [0.25, 0.3) is 22.3 Å². The minimum Gasteiger partial charge on any atom is -0.475 e. The SMILES string of the molecule is Nc1ncc(-c2cccnc2)cc1-c1ccc(S(N)(=O)=O)cc1.O=C(O)C(F)(F)F. The smallest absolute Gasteiger partial charge is 0.475 e. The summed E-state index contributed by atoms with van der Waals surface area (Å²) in [5.74, 6) is -2.39. The van der Waals surface area contributed by atoms with E-state index >= 15 is 0 Å². The largest absolute Gasteiger partial charge is 0.490 e. The molecule has 0 aliphatic carbocycles. The predicted octanol–water partition coefficient (Wildman–Crippen LogP) is 2.67. The van der Waals surface area contributed by atoms with E-state index in [4.69, 9.17) is 20.8 Å². The number of primary sulfonamides is 1. The first-order valence-corrected chi connectivity index (χ1v) is 9.53. The number of carboxylic acids is 1. The van der Waals surface area contributed by atoms with E-state index in [1.807, 2.05) is 18.2 Å². The molecule has 0 atom stereocenters. The Morgan fingerprint density at radius 1 is 1.00 bits per heavy atom. The molecular weight excluding hydrogens is 425 g/mol. The average molecular weight is 440 g/mol. The van der Waals surface area contributed by atoms with Gasteiger partial charge in [0, 0.05) is 35.3 Å². The molecule has 3 aromatic rings. The van der Waals surface area contributed by atoms with E-state index in [1.165, 1.54) is 12.1 Å². The quantitative estimate of drug-likeness (QED) is 0.567. The van der Waals surface area contributed by atoms with Crippen LogP contribution < -0.4 is 10.9 Å². The maximum atomic E-state index is 11.3. The second kappa shape index (κ2) is 8.88. The fraction of sp³-hybridized carbons (Fsp3) is 0.0556. The van der Waals surface area contributed by atoms with Crippen molar-refractivity contribution in [3.05, 3.63) is 61.1 Å². The number of pyridine rings is 2. The van der Waals surface area contributed by atoms with Gasteiger partial charge in [0.15, 0.2) is 0 Å². The molecule has 5 N–H and O–H groups in total. The number of hydrogen-bond donors (Lipinski definition) is 3. The summed E-state index contributed by atoms with van der Waals surface area (Å²) in [4.78, 5) is 17.2. The lowest BCUT2D eigenvalue weighted by Gasteiger charge is -2.09. The van der Waals surface area contributed by atoms with Crippen molar-refractivity contribution in [2.24, 2.45) is 5.14 Å². The number of halogens is 3. The number of anilines is 1. The number of aliphatic carboxylic acids is 1. The molecule has 2 aromatic heterocycles. The molecule has 2 heterocycles. The zero-order chi connectivity index (χ0) is 22.5. The van der Waals surface area contributed by atoms with Gasteiger partial charge in [-0.1, -0.05) is 18.2 Å². The van der Waals surface area contributed by atoms with E-state index in [2.05, 4.69) is 9.97 Å². The van der Waals surface area contributed by atoms with Gasteiger partial charge in [0.2, 0.25) is 10.0 Å². The van der Waals surface area contributed by atoms with E-state index in [0.717, 1.165) is 16.7 Å². The van der Waals surface area contributed by atoms with Crippen molar-refractivity contribution in [3.63, 3.8) is 0 Å². The van der Waals surface area contributed by atoms with E-state index in [1.54, 1.807) is 30.7 Å². The fourth-order valence-electron chi connectivity index (χ4n) is 2.22. The van der Waals surface area contributed by atoms with Gasteiger partial charge in [-0.25, -0.2) is 23.3 Å². The van der Waals surface area contributed by atoms with E-state index < -0.39 is 22.2 Å². The first kappa shape index (κ1) is 22.8. The first-order valence-electron chi connectivity index (χ1n) is 7.99.